The van der Waals surface area contributed by atoms with Gasteiger partial charge in [0.15, 0.2) is 5.01 Å². The summed E-state index contributed by atoms with van der Waals surface area (Å²) >= 11 is 1.32. The second-order valence-electron chi connectivity index (χ2n) is 7.48. The zero-order valence-electron chi connectivity index (χ0n) is 15.2. The Morgan fingerprint density at radius 3 is 2.74 bits per heavy atom. The first-order valence-electron chi connectivity index (χ1n) is 9.26. The molecule has 2 aromatic heterocycles. The van der Waals surface area contributed by atoms with E-state index in [9.17, 15) is 13.6 Å². The first-order valence-corrected chi connectivity index (χ1v) is 10.1. The third-order valence-corrected chi connectivity index (χ3v) is 6.37. The van der Waals surface area contributed by atoms with Gasteiger partial charge in [0.25, 0.3) is 11.8 Å². The average molecular weight is 395 g/mol. The van der Waals surface area contributed by atoms with Crippen molar-refractivity contribution in [1.29, 1.82) is 0 Å². The third-order valence-electron chi connectivity index (χ3n) is 5.53. The predicted octanol–water partition coefficient (Wildman–Crippen LogP) is 2.93. The molecule has 2 fully saturated rings. The van der Waals surface area contributed by atoms with Gasteiger partial charge in [0.1, 0.15) is 5.69 Å². The van der Waals surface area contributed by atoms with Crippen molar-refractivity contribution < 1.29 is 13.6 Å². The SMILES string of the molecule is Cn1cncc1-c1csc(C(=O)NC2CCC(N3CCC(F)(F)C3)CC2)n1. The molecule has 1 aliphatic heterocycles. The number of thiazole rings is 1. The van der Waals surface area contributed by atoms with Crippen LogP contribution in [0.5, 0.6) is 0 Å². The molecule has 0 aromatic carbocycles. The number of nitrogens with one attached hydrogen (secondary N) is 1. The van der Waals surface area contributed by atoms with Crippen molar-refractivity contribution in [3.8, 4) is 11.4 Å². The van der Waals surface area contributed by atoms with Crippen molar-refractivity contribution in [3.63, 3.8) is 0 Å². The summed E-state index contributed by atoms with van der Waals surface area (Å²) < 4.78 is 28.7. The van der Waals surface area contributed by atoms with E-state index in [1.54, 1.807) is 12.5 Å². The molecule has 1 N–H and O–H groups in total. The summed E-state index contributed by atoms with van der Waals surface area (Å²) in [5.74, 6) is -2.70. The molecule has 0 radical (unpaired) electrons. The molecule has 1 saturated carbocycles. The van der Waals surface area contributed by atoms with Gasteiger partial charge in [-0.2, -0.15) is 0 Å². The van der Waals surface area contributed by atoms with Crippen LogP contribution in [0, 0.1) is 0 Å². The van der Waals surface area contributed by atoms with Gasteiger partial charge in [-0.05, 0) is 25.7 Å². The molecule has 0 spiro atoms. The van der Waals surface area contributed by atoms with Gasteiger partial charge < -0.3 is 9.88 Å². The molecule has 0 bridgehead atoms. The number of alkyl halides is 2. The summed E-state index contributed by atoms with van der Waals surface area (Å²) in [5.41, 5.74) is 1.61. The molecule has 1 aliphatic carbocycles. The highest BCUT2D eigenvalue weighted by Crippen LogP contribution is 2.33. The van der Waals surface area contributed by atoms with Crippen molar-refractivity contribution in [3.05, 3.63) is 22.9 Å². The number of imidazole rings is 1. The highest BCUT2D eigenvalue weighted by atomic mass is 32.1. The lowest BCUT2D eigenvalue weighted by Gasteiger charge is -2.34. The Bertz CT molecular complexity index is 812. The summed E-state index contributed by atoms with van der Waals surface area (Å²) in [5, 5.41) is 5.35. The van der Waals surface area contributed by atoms with E-state index in [1.165, 1.54) is 11.3 Å². The van der Waals surface area contributed by atoms with Crippen LogP contribution in [0.15, 0.2) is 17.9 Å². The fourth-order valence-corrected chi connectivity index (χ4v) is 4.72. The maximum absolute atomic E-state index is 13.4. The highest BCUT2D eigenvalue weighted by Gasteiger charge is 2.41. The smallest absolute Gasteiger partial charge is 0.280 e. The number of halogens is 2. The Kier molecular flexibility index (Phi) is 4.98. The van der Waals surface area contributed by atoms with Gasteiger partial charge in [-0.15, -0.1) is 11.3 Å². The van der Waals surface area contributed by atoms with Crippen LogP contribution in [0.3, 0.4) is 0 Å². The van der Waals surface area contributed by atoms with Gasteiger partial charge in [0.05, 0.1) is 24.8 Å². The minimum atomic E-state index is -2.54. The maximum atomic E-state index is 13.4. The van der Waals surface area contributed by atoms with Gasteiger partial charge in [-0.1, -0.05) is 0 Å². The zero-order valence-corrected chi connectivity index (χ0v) is 16.0. The molecule has 2 aromatic rings. The molecule has 1 saturated heterocycles. The Morgan fingerprint density at radius 1 is 1.33 bits per heavy atom. The van der Waals surface area contributed by atoms with Gasteiger partial charge in [-0.3, -0.25) is 9.69 Å². The number of carbonyl (C=O) groups excluding carboxylic acids is 1. The topological polar surface area (TPSA) is 63.1 Å². The van der Waals surface area contributed by atoms with E-state index < -0.39 is 5.92 Å². The van der Waals surface area contributed by atoms with E-state index in [0.717, 1.165) is 37.1 Å². The summed E-state index contributed by atoms with van der Waals surface area (Å²) in [6.45, 7) is 0.356. The van der Waals surface area contributed by atoms with Crippen LogP contribution in [0.2, 0.25) is 0 Å². The fraction of sp³-hybridized carbons (Fsp3) is 0.611. The van der Waals surface area contributed by atoms with Gasteiger partial charge in [0.2, 0.25) is 0 Å². The van der Waals surface area contributed by atoms with E-state index in [0.29, 0.717) is 11.6 Å². The molecular formula is C18H23F2N5OS. The fourth-order valence-electron chi connectivity index (χ4n) is 4.01. The van der Waals surface area contributed by atoms with Crippen molar-refractivity contribution in [1.82, 2.24) is 24.8 Å². The number of carbonyl (C=O) groups is 1. The number of aromatic nitrogens is 3. The van der Waals surface area contributed by atoms with Crippen molar-refractivity contribution in [2.75, 3.05) is 13.1 Å². The van der Waals surface area contributed by atoms with Gasteiger partial charge in [0, 0.05) is 37.5 Å². The van der Waals surface area contributed by atoms with Gasteiger partial charge >= 0.3 is 0 Å². The largest absolute Gasteiger partial charge is 0.347 e. The van der Waals surface area contributed by atoms with E-state index in [4.69, 9.17) is 0 Å². The van der Waals surface area contributed by atoms with Crippen LogP contribution < -0.4 is 5.32 Å². The third kappa shape index (κ3) is 4.03. The molecule has 27 heavy (non-hydrogen) atoms. The molecule has 0 unspecified atom stereocenters. The quantitative estimate of drug-likeness (QED) is 0.865. The molecule has 9 heteroatoms. The molecular weight excluding hydrogens is 372 g/mol. The minimum absolute atomic E-state index is 0.0350. The van der Waals surface area contributed by atoms with Crippen LogP contribution in [-0.2, 0) is 7.05 Å². The number of rotatable bonds is 4. The molecule has 146 valence electrons. The minimum Gasteiger partial charge on any atom is -0.347 e. The zero-order chi connectivity index (χ0) is 19.0. The second-order valence-corrected chi connectivity index (χ2v) is 8.34. The highest BCUT2D eigenvalue weighted by molar-refractivity contribution is 7.12. The Balaban J connectivity index is 1.30. The number of amides is 1. The second kappa shape index (κ2) is 7.27. The first-order chi connectivity index (χ1) is 12.9. The van der Waals surface area contributed by atoms with Crippen molar-refractivity contribution in [2.24, 2.45) is 7.05 Å². The summed E-state index contributed by atoms with van der Waals surface area (Å²) in [4.78, 5) is 22.9. The van der Waals surface area contributed by atoms with Crippen LogP contribution in [0.1, 0.15) is 41.9 Å². The lowest BCUT2D eigenvalue weighted by Crippen LogP contribution is -2.43. The lowest BCUT2D eigenvalue weighted by molar-refractivity contribution is 0.00505. The average Bonchev–Trinajstić information content (AvgIpc) is 3.35. The molecule has 2 aliphatic rings. The number of likely N-dealkylation sites (tertiary alicyclic amines) is 1. The van der Waals surface area contributed by atoms with E-state index in [1.807, 2.05) is 21.9 Å². The monoisotopic (exact) mass is 395 g/mol. The number of hydrogen-bond donors (Lipinski definition) is 1. The van der Waals surface area contributed by atoms with Crippen LogP contribution in [-0.4, -0.2) is 56.4 Å². The Morgan fingerprint density at radius 2 is 2.11 bits per heavy atom. The van der Waals surface area contributed by atoms with E-state index >= 15 is 0 Å². The predicted molar refractivity (Wildman–Crippen MR) is 99.0 cm³/mol. The van der Waals surface area contributed by atoms with Crippen molar-refractivity contribution >= 4 is 17.2 Å². The van der Waals surface area contributed by atoms with E-state index in [2.05, 4.69) is 15.3 Å². The number of nitrogens with zero attached hydrogens (tertiary/aromatic N) is 4. The summed E-state index contributed by atoms with van der Waals surface area (Å²) in [6.07, 6.45) is 6.71. The van der Waals surface area contributed by atoms with Gasteiger partial charge in [-0.25, -0.2) is 18.7 Å². The number of aryl methyl sites for hydroxylation is 1. The normalized spacial score (nSPS) is 25.6. The molecule has 0 atom stereocenters. The maximum Gasteiger partial charge on any atom is 0.280 e. The number of hydrogen-bond acceptors (Lipinski definition) is 5. The summed E-state index contributed by atoms with van der Waals surface area (Å²) in [6, 6.07) is 0.295. The first kappa shape index (κ1) is 18.5. The molecule has 4 rings (SSSR count). The van der Waals surface area contributed by atoms with Crippen molar-refractivity contribution in [2.45, 2.75) is 50.1 Å². The Hall–Kier alpha value is -1.87. The standard InChI is InChI=1S/C18H23F2N5OS/c1-24-11-21-8-15(24)14-9-27-17(23-14)16(26)22-12-2-4-13(5-3-12)25-7-6-18(19,20)10-25/h8-9,11-13H,2-7,10H2,1H3,(H,22,26). The van der Waals surface area contributed by atoms with Crippen LogP contribution in [0.4, 0.5) is 8.78 Å². The summed E-state index contributed by atoms with van der Waals surface area (Å²) in [7, 11) is 1.89. The molecule has 1 amide bonds. The van der Waals surface area contributed by atoms with Crippen LogP contribution >= 0.6 is 11.3 Å². The molecule has 3 heterocycles. The lowest BCUT2D eigenvalue weighted by atomic mass is 9.90. The van der Waals surface area contributed by atoms with Crippen LogP contribution in [0.25, 0.3) is 11.4 Å². The molecule has 6 nitrogen and oxygen atoms in total. The Labute approximate surface area is 160 Å². The van der Waals surface area contributed by atoms with E-state index in [-0.39, 0.29) is 31.0 Å².